The number of anilines is 1. The monoisotopic (exact) mass is 460 g/mol. The summed E-state index contributed by atoms with van der Waals surface area (Å²) in [5.74, 6) is 0.131. The molecule has 1 aromatic heterocycles. The number of nitrogens with one attached hydrogen (secondary N) is 2. The van der Waals surface area contributed by atoms with Gasteiger partial charge in [0.05, 0.1) is 17.1 Å². The van der Waals surface area contributed by atoms with Crippen molar-refractivity contribution < 1.29 is 17.7 Å². The molecule has 0 bridgehead atoms. The highest BCUT2D eigenvalue weighted by Crippen LogP contribution is 2.29. The fraction of sp³-hybridized carbons (Fsp3) is 0.286. The van der Waals surface area contributed by atoms with E-state index in [0.717, 1.165) is 16.0 Å². The number of sulfonamides is 1. The zero-order valence-corrected chi connectivity index (χ0v) is 19.3. The Bertz CT molecular complexity index is 1190. The Kier molecular flexibility index (Phi) is 7.14. The lowest BCUT2D eigenvalue weighted by Crippen LogP contribution is -2.24. The molecule has 0 saturated carbocycles. The Morgan fingerprint density at radius 2 is 1.94 bits per heavy atom. The first-order valence-electron chi connectivity index (χ1n) is 9.58. The van der Waals surface area contributed by atoms with E-state index < -0.39 is 10.0 Å². The number of thioether (sulfide) groups is 1. The first-order chi connectivity index (χ1) is 14.7. The molecule has 0 saturated heterocycles. The number of amides is 1. The van der Waals surface area contributed by atoms with E-state index in [1.165, 1.54) is 23.9 Å². The summed E-state index contributed by atoms with van der Waals surface area (Å²) >= 11 is 1.42. The van der Waals surface area contributed by atoms with Crippen LogP contribution in [0.1, 0.15) is 25.3 Å². The normalized spacial score (nSPS) is 11.6. The average molecular weight is 461 g/mol. The van der Waals surface area contributed by atoms with Gasteiger partial charge in [-0.15, -0.1) is 11.8 Å². The van der Waals surface area contributed by atoms with Crippen LogP contribution < -0.4 is 10.0 Å². The molecule has 8 nitrogen and oxygen atoms in total. The number of nitrogens with zero attached hydrogens (tertiary/aromatic N) is 2. The van der Waals surface area contributed by atoms with Crippen LogP contribution in [0.15, 0.2) is 56.8 Å². The fourth-order valence-corrected chi connectivity index (χ4v) is 4.26. The molecule has 0 aliphatic carbocycles. The first kappa shape index (κ1) is 23.0. The zero-order valence-electron chi connectivity index (χ0n) is 17.7. The molecule has 10 heteroatoms. The standard InChI is InChI=1S/C21H24N4O4S2/c1-13(2)21(26)23-17-11-15(9-10-18(17)30-4)31(27,28)22-12-19-24-20(25-29-19)16-8-6-5-7-14(16)3/h5-11,13,22H,12H2,1-4H3,(H,23,26). The van der Waals surface area contributed by atoms with Gasteiger partial charge in [0.25, 0.3) is 0 Å². The van der Waals surface area contributed by atoms with Crippen molar-refractivity contribution in [3.8, 4) is 11.4 Å². The largest absolute Gasteiger partial charge is 0.338 e. The van der Waals surface area contributed by atoms with E-state index in [1.807, 2.05) is 37.4 Å². The molecule has 0 aliphatic rings. The van der Waals surface area contributed by atoms with Gasteiger partial charge in [0.15, 0.2) is 0 Å². The van der Waals surface area contributed by atoms with Crippen LogP contribution in [-0.2, 0) is 21.4 Å². The van der Waals surface area contributed by atoms with Crippen LogP contribution in [0.5, 0.6) is 0 Å². The van der Waals surface area contributed by atoms with Crippen molar-refractivity contribution in [1.29, 1.82) is 0 Å². The summed E-state index contributed by atoms with van der Waals surface area (Å²) in [6.07, 6.45) is 1.86. The molecule has 164 valence electrons. The topological polar surface area (TPSA) is 114 Å². The Labute approximate surface area is 185 Å². The lowest BCUT2D eigenvalue weighted by atomic mass is 10.1. The van der Waals surface area contributed by atoms with Gasteiger partial charge in [0, 0.05) is 16.4 Å². The highest BCUT2D eigenvalue weighted by molar-refractivity contribution is 7.98. The number of aryl methyl sites for hydroxylation is 1. The summed E-state index contributed by atoms with van der Waals surface area (Å²) in [5, 5.41) is 6.72. The lowest BCUT2D eigenvalue weighted by Gasteiger charge is -2.13. The number of benzene rings is 2. The van der Waals surface area contributed by atoms with Gasteiger partial charge in [-0.2, -0.15) is 4.98 Å². The molecule has 1 heterocycles. The van der Waals surface area contributed by atoms with E-state index in [2.05, 4.69) is 20.2 Å². The van der Waals surface area contributed by atoms with Crippen molar-refractivity contribution >= 4 is 33.4 Å². The van der Waals surface area contributed by atoms with Gasteiger partial charge in [0.1, 0.15) is 0 Å². The van der Waals surface area contributed by atoms with E-state index in [4.69, 9.17) is 4.52 Å². The van der Waals surface area contributed by atoms with Crippen LogP contribution in [0.2, 0.25) is 0 Å². The van der Waals surface area contributed by atoms with Crippen molar-refractivity contribution in [2.45, 2.75) is 37.1 Å². The van der Waals surface area contributed by atoms with Gasteiger partial charge < -0.3 is 9.84 Å². The number of aromatic nitrogens is 2. The summed E-state index contributed by atoms with van der Waals surface area (Å²) in [5.41, 5.74) is 2.26. The Morgan fingerprint density at radius 1 is 1.19 bits per heavy atom. The molecule has 1 amide bonds. The molecule has 0 atom stereocenters. The third kappa shape index (κ3) is 5.52. The van der Waals surface area contributed by atoms with E-state index in [-0.39, 0.29) is 29.2 Å². The minimum atomic E-state index is -3.86. The van der Waals surface area contributed by atoms with Crippen molar-refractivity contribution in [1.82, 2.24) is 14.9 Å². The zero-order chi connectivity index (χ0) is 22.6. The number of rotatable bonds is 8. The molecule has 31 heavy (non-hydrogen) atoms. The summed E-state index contributed by atoms with van der Waals surface area (Å²) < 4.78 is 33.2. The predicted octanol–water partition coefficient (Wildman–Crippen LogP) is 3.84. The maximum Gasteiger partial charge on any atom is 0.242 e. The summed E-state index contributed by atoms with van der Waals surface area (Å²) in [6, 6.07) is 12.2. The molecule has 3 rings (SSSR count). The molecule has 0 fully saturated rings. The highest BCUT2D eigenvalue weighted by Gasteiger charge is 2.19. The van der Waals surface area contributed by atoms with E-state index in [0.29, 0.717) is 11.5 Å². The molecule has 0 radical (unpaired) electrons. The van der Waals surface area contributed by atoms with Crippen LogP contribution in [0.25, 0.3) is 11.4 Å². The molecule has 0 spiro atoms. The van der Waals surface area contributed by atoms with Gasteiger partial charge in [-0.3, -0.25) is 4.79 Å². The minimum Gasteiger partial charge on any atom is -0.338 e. The predicted molar refractivity (Wildman–Crippen MR) is 120 cm³/mol. The fourth-order valence-electron chi connectivity index (χ4n) is 2.73. The van der Waals surface area contributed by atoms with Crippen molar-refractivity contribution in [3.05, 3.63) is 53.9 Å². The molecule has 3 aromatic rings. The van der Waals surface area contributed by atoms with E-state index in [1.54, 1.807) is 19.9 Å². The Hall–Kier alpha value is -2.69. The number of carbonyl (C=O) groups excluding carboxylic acids is 1. The van der Waals surface area contributed by atoms with Crippen molar-refractivity contribution in [2.24, 2.45) is 5.92 Å². The minimum absolute atomic E-state index is 0.0306. The van der Waals surface area contributed by atoms with Gasteiger partial charge in [0.2, 0.25) is 27.6 Å². The maximum atomic E-state index is 12.8. The first-order valence-corrected chi connectivity index (χ1v) is 12.3. The van der Waals surface area contributed by atoms with Crippen LogP contribution in [0.4, 0.5) is 5.69 Å². The summed E-state index contributed by atoms with van der Waals surface area (Å²) in [7, 11) is -3.86. The van der Waals surface area contributed by atoms with Gasteiger partial charge in [-0.25, -0.2) is 13.1 Å². The van der Waals surface area contributed by atoms with Gasteiger partial charge >= 0.3 is 0 Å². The quantitative estimate of drug-likeness (QED) is 0.491. The van der Waals surface area contributed by atoms with E-state index in [9.17, 15) is 13.2 Å². The maximum absolute atomic E-state index is 12.8. The third-order valence-corrected chi connectivity index (χ3v) is 6.73. The smallest absolute Gasteiger partial charge is 0.242 e. The van der Waals surface area contributed by atoms with Crippen LogP contribution >= 0.6 is 11.8 Å². The Balaban J connectivity index is 1.77. The average Bonchev–Trinajstić information content (AvgIpc) is 3.21. The lowest BCUT2D eigenvalue weighted by molar-refractivity contribution is -0.118. The molecule has 2 N–H and O–H groups in total. The second kappa shape index (κ2) is 9.63. The molecular formula is C21H24N4O4S2. The summed E-state index contributed by atoms with van der Waals surface area (Å²) in [4.78, 5) is 17.2. The SMILES string of the molecule is CSc1ccc(S(=O)(=O)NCc2nc(-c3ccccc3C)no2)cc1NC(=O)C(C)C. The third-order valence-electron chi connectivity index (χ3n) is 4.53. The Morgan fingerprint density at radius 3 is 2.61 bits per heavy atom. The highest BCUT2D eigenvalue weighted by atomic mass is 32.2. The van der Waals surface area contributed by atoms with Crippen molar-refractivity contribution in [3.63, 3.8) is 0 Å². The van der Waals surface area contributed by atoms with Gasteiger partial charge in [-0.05, 0) is 36.9 Å². The molecule has 0 aliphatic heterocycles. The van der Waals surface area contributed by atoms with Crippen LogP contribution in [0.3, 0.4) is 0 Å². The number of carbonyl (C=O) groups is 1. The van der Waals surface area contributed by atoms with Gasteiger partial charge in [-0.1, -0.05) is 43.3 Å². The number of hydrogen-bond acceptors (Lipinski definition) is 7. The van der Waals surface area contributed by atoms with E-state index >= 15 is 0 Å². The van der Waals surface area contributed by atoms with Crippen molar-refractivity contribution in [2.75, 3.05) is 11.6 Å². The number of hydrogen-bond donors (Lipinski definition) is 2. The molecule has 0 unspecified atom stereocenters. The molecule has 2 aromatic carbocycles. The molecular weight excluding hydrogens is 436 g/mol. The second-order valence-electron chi connectivity index (χ2n) is 7.16. The second-order valence-corrected chi connectivity index (χ2v) is 9.77. The van der Waals surface area contributed by atoms with Crippen LogP contribution in [-0.4, -0.2) is 30.7 Å². The van der Waals surface area contributed by atoms with Crippen LogP contribution in [0, 0.1) is 12.8 Å². The summed E-state index contributed by atoms with van der Waals surface area (Å²) in [6.45, 7) is 5.32.